The van der Waals surface area contributed by atoms with Crippen LogP contribution in [0.5, 0.6) is 0 Å². The van der Waals surface area contributed by atoms with E-state index < -0.39 is 19.1 Å². The van der Waals surface area contributed by atoms with Gasteiger partial charge in [-0.2, -0.15) is 0 Å². The van der Waals surface area contributed by atoms with Crippen molar-refractivity contribution in [3.63, 3.8) is 0 Å². The zero-order valence-electron chi connectivity index (χ0n) is 7.93. The Balaban J connectivity index is 4.82. The summed E-state index contributed by atoms with van der Waals surface area (Å²) < 4.78 is 8.96. The van der Waals surface area contributed by atoms with E-state index in [0.29, 0.717) is 0 Å². The second-order valence-corrected chi connectivity index (χ2v) is 6.27. The van der Waals surface area contributed by atoms with Crippen molar-refractivity contribution in [3.8, 4) is 0 Å². The third kappa shape index (κ3) is 2.74. The summed E-state index contributed by atoms with van der Waals surface area (Å²) in [5.74, 6) is -0.918. The van der Waals surface area contributed by atoms with E-state index in [-0.39, 0.29) is 0 Å². The molecule has 0 aromatic rings. The summed E-state index contributed by atoms with van der Waals surface area (Å²) >= 11 is 0. The predicted octanol–water partition coefficient (Wildman–Crippen LogP) is 0.968. The van der Waals surface area contributed by atoms with Crippen LogP contribution in [0.4, 0.5) is 0 Å². The van der Waals surface area contributed by atoms with E-state index in [2.05, 4.69) is 15.6 Å². The van der Waals surface area contributed by atoms with Crippen molar-refractivity contribution >= 4 is 13.5 Å². The second kappa shape index (κ2) is 3.72. The van der Waals surface area contributed by atoms with Crippen LogP contribution in [0.25, 0.3) is 0 Å². The molecule has 0 aromatic heterocycles. The van der Waals surface area contributed by atoms with E-state index in [0.717, 1.165) is 13.2 Å². The molecule has 0 aliphatic heterocycles. The fourth-order valence-corrected chi connectivity index (χ4v) is 1.68. The number of carbonyl (C=O) groups is 1. The van der Waals surface area contributed by atoms with E-state index in [4.69, 9.17) is 0 Å². The molecule has 2 N–H and O–H groups in total. The molecular weight excluding hydrogens is 195 g/mol. The molecule has 0 unspecified atom stereocenters. The molecule has 0 atom stereocenters. The Bertz CT molecular complexity index is 223. The topological polar surface area (TPSA) is 76.0 Å². The van der Waals surface area contributed by atoms with Crippen molar-refractivity contribution < 1.29 is 23.6 Å². The molecule has 0 bridgehead atoms. The Morgan fingerprint density at radius 2 is 2.00 bits per heavy atom. The molecular formula is C7H15O5P. The zero-order valence-corrected chi connectivity index (χ0v) is 8.82. The Hall–Kier alpha value is -0.480. The first kappa shape index (κ1) is 12.5. The van der Waals surface area contributed by atoms with Crippen molar-refractivity contribution in [3.05, 3.63) is 12.7 Å². The van der Waals surface area contributed by atoms with Crippen molar-refractivity contribution in [2.24, 2.45) is 0 Å². The standard InChI is InChI=1S/C7H15O5P/c1-5-7(8)12-13(9,10,11-4)6(2)3/h5-6,9-10H,1H2,2-4H3. The van der Waals surface area contributed by atoms with Crippen LogP contribution >= 0.6 is 7.51 Å². The summed E-state index contributed by atoms with van der Waals surface area (Å²) in [6, 6.07) is 0. The van der Waals surface area contributed by atoms with Crippen LogP contribution in [0.15, 0.2) is 12.7 Å². The quantitative estimate of drug-likeness (QED) is 0.534. The minimum atomic E-state index is -4.77. The Morgan fingerprint density at radius 3 is 2.23 bits per heavy atom. The van der Waals surface area contributed by atoms with Gasteiger partial charge in [0, 0.05) is 0 Å². The molecule has 0 radical (unpaired) electrons. The van der Waals surface area contributed by atoms with E-state index in [1.54, 1.807) is 0 Å². The number of carbonyl (C=O) groups excluding carboxylic acids is 1. The molecule has 0 spiro atoms. The molecule has 0 amide bonds. The Morgan fingerprint density at radius 1 is 1.54 bits per heavy atom. The van der Waals surface area contributed by atoms with E-state index in [1.807, 2.05) is 0 Å². The van der Waals surface area contributed by atoms with Crippen LogP contribution in [0.1, 0.15) is 13.8 Å². The molecule has 0 rings (SSSR count). The van der Waals surface area contributed by atoms with Crippen LogP contribution in [-0.4, -0.2) is 28.5 Å². The summed E-state index contributed by atoms with van der Waals surface area (Å²) in [4.78, 5) is 30.1. The van der Waals surface area contributed by atoms with Crippen molar-refractivity contribution in [1.29, 1.82) is 0 Å². The molecule has 0 aliphatic carbocycles. The second-order valence-electron chi connectivity index (χ2n) is 2.82. The SMILES string of the molecule is C=CC(=O)OP(O)(O)(OC)C(C)C. The van der Waals surface area contributed by atoms with E-state index in [9.17, 15) is 14.6 Å². The number of rotatable bonds is 4. The van der Waals surface area contributed by atoms with Gasteiger partial charge in [-0.25, -0.2) is 0 Å². The average Bonchev–Trinajstić information content (AvgIpc) is 2.04. The van der Waals surface area contributed by atoms with Crippen molar-refractivity contribution in [2.45, 2.75) is 19.5 Å². The summed E-state index contributed by atoms with van der Waals surface area (Å²) in [5, 5.41) is 0. The van der Waals surface area contributed by atoms with Gasteiger partial charge in [0.2, 0.25) is 0 Å². The van der Waals surface area contributed by atoms with Gasteiger partial charge < -0.3 is 0 Å². The first-order valence-corrected chi connectivity index (χ1v) is 5.74. The number of hydrogen-bond acceptors (Lipinski definition) is 5. The van der Waals surface area contributed by atoms with Gasteiger partial charge in [-0.15, -0.1) is 0 Å². The molecule has 0 fully saturated rings. The van der Waals surface area contributed by atoms with Crippen LogP contribution < -0.4 is 0 Å². The van der Waals surface area contributed by atoms with Gasteiger partial charge >= 0.3 is 76.4 Å². The number of hydrogen-bond donors (Lipinski definition) is 2. The van der Waals surface area contributed by atoms with Crippen molar-refractivity contribution in [2.75, 3.05) is 7.11 Å². The molecule has 0 heterocycles. The predicted molar refractivity (Wildman–Crippen MR) is 49.8 cm³/mol. The third-order valence-electron chi connectivity index (χ3n) is 1.66. The molecule has 78 valence electrons. The minimum absolute atomic E-state index is 0.708. The summed E-state index contributed by atoms with van der Waals surface area (Å²) in [7, 11) is -3.70. The molecule has 0 saturated carbocycles. The summed E-state index contributed by atoms with van der Waals surface area (Å²) in [6.45, 7) is 6.11. The van der Waals surface area contributed by atoms with Crippen molar-refractivity contribution in [1.82, 2.24) is 0 Å². The van der Waals surface area contributed by atoms with Gasteiger partial charge in [-0.05, 0) is 0 Å². The van der Waals surface area contributed by atoms with Gasteiger partial charge in [-0.3, -0.25) is 0 Å². The maximum absolute atomic E-state index is 10.8. The normalized spacial score (nSPS) is 14.8. The van der Waals surface area contributed by atoms with Gasteiger partial charge in [0.05, 0.1) is 0 Å². The monoisotopic (exact) mass is 210 g/mol. The van der Waals surface area contributed by atoms with Gasteiger partial charge in [-0.1, -0.05) is 0 Å². The van der Waals surface area contributed by atoms with Gasteiger partial charge in [0.15, 0.2) is 0 Å². The Kier molecular flexibility index (Phi) is 3.58. The first-order valence-electron chi connectivity index (χ1n) is 3.69. The van der Waals surface area contributed by atoms with Crippen LogP contribution in [0.3, 0.4) is 0 Å². The fourth-order valence-electron chi connectivity index (χ4n) is 0.560. The van der Waals surface area contributed by atoms with Crippen LogP contribution in [0, 0.1) is 0 Å². The maximum atomic E-state index is 10.8. The molecule has 0 aromatic carbocycles. The molecule has 13 heavy (non-hydrogen) atoms. The Labute approximate surface area is 77.2 Å². The summed E-state index contributed by atoms with van der Waals surface area (Å²) in [6.07, 6.45) is 0.842. The molecule has 0 saturated heterocycles. The average molecular weight is 210 g/mol. The molecule has 0 aliphatic rings. The van der Waals surface area contributed by atoms with E-state index >= 15 is 0 Å². The van der Waals surface area contributed by atoms with Crippen LogP contribution in [-0.2, 0) is 13.8 Å². The van der Waals surface area contributed by atoms with Gasteiger partial charge in [0.1, 0.15) is 0 Å². The molecule has 5 nitrogen and oxygen atoms in total. The summed E-state index contributed by atoms with van der Waals surface area (Å²) in [5.41, 5.74) is -0.708. The van der Waals surface area contributed by atoms with Gasteiger partial charge in [0.25, 0.3) is 0 Å². The third-order valence-corrected chi connectivity index (χ3v) is 4.63. The zero-order chi connectivity index (χ0) is 10.7. The molecule has 6 heteroatoms. The fraction of sp³-hybridized carbons (Fsp3) is 0.571. The van der Waals surface area contributed by atoms with Crippen LogP contribution in [0.2, 0.25) is 0 Å². The first-order chi connectivity index (χ1) is 5.75. The van der Waals surface area contributed by atoms with E-state index in [1.165, 1.54) is 13.8 Å².